The van der Waals surface area contributed by atoms with E-state index in [2.05, 4.69) is 15.0 Å². The van der Waals surface area contributed by atoms with Crippen LogP contribution in [0.3, 0.4) is 0 Å². The van der Waals surface area contributed by atoms with Crippen LogP contribution in [0.4, 0.5) is 5.95 Å². The number of aliphatic hydroxyl groups excluding tert-OH is 1. The number of nitrogens with one attached hydrogen (secondary N) is 1. The maximum atomic E-state index is 12.7. The van der Waals surface area contributed by atoms with Crippen molar-refractivity contribution in [2.24, 2.45) is 0 Å². The first-order valence-corrected chi connectivity index (χ1v) is 13.2. The zero-order chi connectivity index (χ0) is 20.2. The number of hydrogen-bond donors (Lipinski definition) is 3. The molecular weight excluding hydrogens is 461 g/mol. The van der Waals surface area contributed by atoms with Crippen LogP contribution in [0.15, 0.2) is 6.33 Å². The summed E-state index contributed by atoms with van der Waals surface area (Å²) < 4.78 is 37.2. The predicted octanol–water partition coefficient (Wildman–Crippen LogP) is 2.02. The number of hydrogen-bond acceptors (Lipinski definition) is 12. The molecule has 4 N–H and O–H groups in total. The number of phosphoric acid groups is 1. The van der Waals surface area contributed by atoms with Gasteiger partial charge in [0.05, 0.1) is 19.0 Å². The van der Waals surface area contributed by atoms with Gasteiger partial charge in [0, 0.05) is 17.9 Å². The number of phosphoric ester groups is 1. The van der Waals surface area contributed by atoms with Crippen LogP contribution in [-0.4, -0.2) is 67.2 Å². The maximum absolute atomic E-state index is 12.7. The number of aromatic nitrogens is 4. The average molecular weight is 480 g/mol. The van der Waals surface area contributed by atoms with Gasteiger partial charge in [-0.1, -0.05) is 33.8 Å². The van der Waals surface area contributed by atoms with Gasteiger partial charge in [0.25, 0.3) is 0 Å². The Hall–Kier alpha value is -0.700. The van der Waals surface area contributed by atoms with Gasteiger partial charge in [-0.15, -0.1) is 0 Å². The van der Waals surface area contributed by atoms with E-state index in [1.54, 1.807) is 26.2 Å². The molecule has 5 rings (SSSR count). The number of aliphatic hydroxyl groups is 1. The lowest BCUT2D eigenvalue weighted by Gasteiger charge is -2.18. The van der Waals surface area contributed by atoms with Gasteiger partial charge in [-0.25, -0.2) is 9.55 Å². The fourth-order valence-corrected chi connectivity index (χ4v) is 7.86. The Bertz CT molecular complexity index is 1020. The molecular formula is C14H18N5O6PS3. The highest BCUT2D eigenvalue weighted by Crippen LogP contribution is 2.60. The molecule has 0 amide bonds. The Morgan fingerprint density at radius 1 is 1.41 bits per heavy atom. The van der Waals surface area contributed by atoms with E-state index in [9.17, 15) is 9.67 Å². The van der Waals surface area contributed by atoms with E-state index in [0.717, 1.165) is 0 Å². The van der Waals surface area contributed by atoms with Gasteiger partial charge >= 0.3 is 7.82 Å². The number of fused-ring (bicyclic) bond motifs is 2. The Balaban J connectivity index is 1.27. The van der Waals surface area contributed by atoms with Crippen LogP contribution in [-0.2, 0) is 22.9 Å². The Kier molecular flexibility index (Phi) is 5.42. The SMILES string of the molecule is Nc1nc2c(ncn2[C@H]2C[C@H](O)[C@@H](COP3(=O)O[C@@H]4CSSC[C@H]4O3)O2)c(=S)[nH]1. The Morgan fingerprint density at radius 2 is 2.14 bits per heavy atom. The Morgan fingerprint density at radius 3 is 2.86 bits per heavy atom. The van der Waals surface area contributed by atoms with Crippen molar-refractivity contribution in [3.8, 4) is 0 Å². The monoisotopic (exact) mass is 479 g/mol. The number of nitrogens with zero attached hydrogens (tertiary/aromatic N) is 3. The molecule has 158 valence electrons. The molecule has 3 fully saturated rings. The standard InChI is InChI=1S/C14H18N5O6PS3/c15-14-17-12-11(13(27)18-14)16-5-19(12)10-1-6(20)7(23-10)2-22-26(21)24-8-3-28-29-4-9(8)25-26/h5-10,20H,1-4H2,(H3,15,17,18,27)/t6-,7+,8+,9+,10+/m0/s1. The van der Waals surface area contributed by atoms with Crippen molar-refractivity contribution in [3.63, 3.8) is 0 Å². The summed E-state index contributed by atoms with van der Waals surface area (Å²) in [5, 5.41) is 10.4. The van der Waals surface area contributed by atoms with E-state index in [4.69, 9.17) is 36.3 Å². The van der Waals surface area contributed by atoms with Gasteiger partial charge in [-0.05, 0) is 0 Å². The van der Waals surface area contributed by atoms with Crippen molar-refractivity contribution < 1.29 is 28.0 Å². The van der Waals surface area contributed by atoms with E-state index in [-0.39, 0.29) is 31.2 Å². The maximum Gasteiger partial charge on any atom is 0.475 e. The van der Waals surface area contributed by atoms with Crippen molar-refractivity contribution in [1.29, 1.82) is 0 Å². The molecule has 29 heavy (non-hydrogen) atoms. The number of nitrogens with two attached hydrogens (primary N) is 1. The zero-order valence-electron chi connectivity index (χ0n) is 14.9. The first-order chi connectivity index (χ1) is 13.9. The first-order valence-electron chi connectivity index (χ1n) is 8.83. The summed E-state index contributed by atoms with van der Waals surface area (Å²) in [6.45, 7) is -0.128. The van der Waals surface area contributed by atoms with E-state index in [1.165, 1.54) is 6.33 Å². The minimum absolute atomic E-state index is 0.128. The third kappa shape index (κ3) is 3.86. The molecule has 2 aromatic heterocycles. The quantitative estimate of drug-likeness (QED) is 0.335. The van der Waals surface area contributed by atoms with Crippen LogP contribution in [0.2, 0.25) is 0 Å². The second kappa shape index (κ2) is 7.77. The van der Waals surface area contributed by atoms with Gasteiger partial charge in [0.2, 0.25) is 5.95 Å². The molecule has 0 saturated carbocycles. The summed E-state index contributed by atoms with van der Waals surface area (Å²) in [5.41, 5.74) is 6.69. The lowest BCUT2D eigenvalue weighted by molar-refractivity contribution is -0.0428. The summed E-state index contributed by atoms with van der Waals surface area (Å²) in [5.74, 6) is 1.55. The summed E-state index contributed by atoms with van der Waals surface area (Å²) in [6.07, 6.45) is -0.772. The Labute approximate surface area is 178 Å². The van der Waals surface area contributed by atoms with Crippen LogP contribution >= 0.6 is 41.6 Å². The van der Waals surface area contributed by atoms with Crippen molar-refractivity contribution in [1.82, 2.24) is 19.5 Å². The van der Waals surface area contributed by atoms with Gasteiger partial charge < -0.3 is 20.6 Å². The smallest absolute Gasteiger partial charge is 0.390 e. The van der Waals surface area contributed by atoms with Crippen molar-refractivity contribution in [2.75, 3.05) is 23.8 Å². The van der Waals surface area contributed by atoms with E-state index < -0.39 is 26.3 Å². The summed E-state index contributed by atoms with van der Waals surface area (Å²) in [4.78, 5) is 11.2. The van der Waals surface area contributed by atoms with Gasteiger partial charge in [0.1, 0.15) is 34.7 Å². The molecule has 15 heteroatoms. The molecule has 0 aliphatic carbocycles. The summed E-state index contributed by atoms with van der Waals surface area (Å²) in [6, 6.07) is 0. The lowest BCUT2D eigenvalue weighted by atomic mass is 10.2. The fraction of sp³-hybridized carbons (Fsp3) is 0.643. The van der Waals surface area contributed by atoms with Crippen LogP contribution in [0.1, 0.15) is 12.6 Å². The molecule has 2 aromatic rings. The highest BCUT2D eigenvalue weighted by Gasteiger charge is 2.48. The largest absolute Gasteiger partial charge is 0.475 e. The average Bonchev–Trinajstić information content (AvgIpc) is 3.34. The van der Waals surface area contributed by atoms with Gasteiger partial charge in [-0.2, -0.15) is 4.98 Å². The van der Waals surface area contributed by atoms with Crippen LogP contribution in [0.5, 0.6) is 0 Å². The van der Waals surface area contributed by atoms with E-state index in [1.807, 2.05) is 0 Å². The van der Waals surface area contributed by atoms with Gasteiger partial charge in [0.15, 0.2) is 5.65 Å². The van der Waals surface area contributed by atoms with E-state index >= 15 is 0 Å². The van der Waals surface area contributed by atoms with Gasteiger partial charge in [-0.3, -0.25) is 18.1 Å². The number of anilines is 1. The number of rotatable bonds is 4. The molecule has 0 bridgehead atoms. The third-order valence-corrected chi connectivity index (χ3v) is 9.08. The molecule has 11 nitrogen and oxygen atoms in total. The number of ether oxygens (including phenoxy) is 1. The number of imidazole rings is 1. The fourth-order valence-electron chi connectivity index (χ4n) is 3.41. The van der Waals surface area contributed by atoms with Crippen molar-refractivity contribution >= 4 is 58.7 Å². The zero-order valence-corrected chi connectivity index (χ0v) is 18.2. The molecule has 0 spiro atoms. The second-order valence-corrected chi connectivity index (χ2v) is 11.3. The summed E-state index contributed by atoms with van der Waals surface area (Å²) in [7, 11) is -0.361. The van der Waals surface area contributed by atoms with Crippen molar-refractivity contribution in [3.05, 3.63) is 11.0 Å². The number of H-pyrrole nitrogens is 1. The minimum Gasteiger partial charge on any atom is -0.390 e. The first kappa shape index (κ1) is 20.2. The topological polar surface area (TPSA) is 147 Å². The molecule has 0 unspecified atom stereocenters. The molecule has 0 radical (unpaired) electrons. The molecule has 3 saturated heterocycles. The summed E-state index contributed by atoms with van der Waals surface area (Å²) >= 11 is 5.21. The van der Waals surface area contributed by atoms with Crippen molar-refractivity contribution in [2.45, 2.75) is 37.1 Å². The van der Waals surface area contributed by atoms with Crippen LogP contribution in [0, 0.1) is 4.64 Å². The molecule has 3 aliphatic rings. The second-order valence-electron chi connectivity index (χ2n) is 6.81. The lowest BCUT2D eigenvalue weighted by Crippen LogP contribution is -2.29. The van der Waals surface area contributed by atoms with E-state index in [0.29, 0.717) is 27.3 Å². The molecule has 5 heterocycles. The number of nitrogen functional groups attached to an aromatic ring is 1. The normalized spacial score (nSPS) is 33.9. The third-order valence-electron chi connectivity index (χ3n) is 4.85. The predicted molar refractivity (Wildman–Crippen MR) is 110 cm³/mol. The molecule has 0 aromatic carbocycles. The highest BCUT2D eigenvalue weighted by atomic mass is 33.1. The molecule has 3 aliphatic heterocycles. The van der Waals surface area contributed by atoms with Crippen LogP contribution < -0.4 is 5.73 Å². The van der Waals surface area contributed by atoms with Crippen LogP contribution in [0.25, 0.3) is 11.2 Å². The minimum atomic E-state index is -3.67. The number of aromatic amines is 1. The highest BCUT2D eigenvalue weighted by molar-refractivity contribution is 8.76. The molecule has 5 atom stereocenters.